The molecule has 34 heavy (non-hydrogen) atoms. The van der Waals surface area contributed by atoms with Crippen molar-refractivity contribution in [2.45, 2.75) is 33.1 Å². The van der Waals surface area contributed by atoms with Crippen molar-refractivity contribution in [3.05, 3.63) is 58.7 Å². The van der Waals surface area contributed by atoms with Gasteiger partial charge in [-0.2, -0.15) is 5.10 Å². The summed E-state index contributed by atoms with van der Waals surface area (Å²) in [5, 5.41) is 9.51. The second-order valence-corrected chi connectivity index (χ2v) is 8.32. The molecule has 7 nitrogen and oxygen atoms in total. The lowest BCUT2D eigenvalue weighted by Crippen LogP contribution is -2.35. The molecule has 2 aromatic carbocycles. The normalized spacial score (nSPS) is 11.4. The Morgan fingerprint density at radius 3 is 2.71 bits per heavy atom. The van der Waals surface area contributed by atoms with E-state index in [1.165, 1.54) is 24.5 Å². The number of hydrogen-bond acceptors (Lipinski definition) is 6. The predicted octanol–water partition coefficient (Wildman–Crippen LogP) is 4.89. The smallest absolute Gasteiger partial charge is 0.259 e. The van der Waals surface area contributed by atoms with Gasteiger partial charge in [-0.3, -0.25) is 9.59 Å². The van der Waals surface area contributed by atoms with Crippen LogP contribution in [0.25, 0.3) is 10.1 Å². The molecule has 0 saturated carbocycles. The average Bonchev–Trinajstić information content (AvgIpc) is 3.28. The molecule has 2 amide bonds. The van der Waals surface area contributed by atoms with E-state index in [2.05, 4.69) is 22.8 Å². The first-order valence-electron chi connectivity index (χ1n) is 11.1. The number of methoxy groups -OCH3 is 1. The molecule has 0 atom stereocenters. The van der Waals surface area contributed by atoms with Gasteiger partial charge in [0.15, 0.2) is 11.5 Å². The van der Waals surface area contributed by atoms with Crippen LogP contribution in [0.15, 0.2) is 46.9 Å². The van der Waals surface area contributed by atoms with Crippen LogP contribution in [-0.2, 0) is 4.79 Å². The summed E-state index contributed by atoms with van der Waals surface area (Å²) in [6.07, 6.45) is 2.46. The van der Waals surface area contributed by atoms with Gasteiger partial charge in [-0.15, -0.1) is 11.3 Å². The Morgan fingerprint density at radius 1 is 1.15 bits per heavy atom. The van der Waals surface area contributed by atoms with Crippen molar-refractivity contribution < 1.29 is 23.5 Å². The lowest BCUT2D eigenvalue weighted by molar-refractivity contribution is -0.120. The Kier molecular flexibility index (Phi) is 8.98. The number of nitrogens with one attached hydrogen (secondary N) is 2. The van der Waals surface area contributed by atoms with Gasteiger partial charge >= 0.3 is 0 Å². The van der Waals surface area contributed by atoms with E-state index in [9.17, 15) is 14.0 Å². The van der Waals surface area contributed by atoms with E-state index in [0.29, 0.717) is 40.5 Å². The number of amides is 2. The Hall–Kier alpha value is -3.46. The van der Waals surface area contributed by atoms with Crippen LogP contribution in [-0.4, -0.2) is 37.8 Å². The lowest BCUT2D eigenvalue weighted by Gasteiger charge is -2.11. The fraction of sp³-hybridized carbons (Fsp3) is 0.320. The number of carbonyl (C=O) groups is 2. The van der Waals surface area contributed by atoms with E-state index in [0.717, 1.165) is 23.8 Å². The van der Waals surface area contributed by atoms with Crippen molar-refractivity contribution in [2.75, 3.05) is 20.3 Å². The summed E-state index contributed by atoms with van der Waals surface area (Å²) < 4.78 is 25.4. The molecule has 180 valence electrons. The van der Waals surface area contributed by atoms with Gasteiger partial charge in [0.05, 0.1) is 30.7 Å². The molecule has 0 saturated heterocycles. The van der Waals surface area contributed by atoms with Crippen molar-refractivity contribution in [3.8, 4) is 11.5 Å². The van der Waals surface area contributed by atoms with Crippen LogP contribution in [0.1, 0.15) is 49.0 Å². The molecule has 0 unspecified atom stereocenters. The molecule has 0 bridgehead atoms. The molecule has 0 aliphatic rings. The van der Waals surface area contributed by atoms with E-state index >= 15 is 0 Å². The topological polar surface area (TPSA) is 89.0 Å². The molecule has 2 N–H and O–H groups in total. The SMILES string of the molecule is CCCC/C(=N\NC(=O)CNC(=O)c1ccc(OCC)c(OC)c1)c1csc2c(F)cccc12. The van der Waals surface area contributed by atoms with Crippen molar-refractivity contribution in [1.29, 1.82) is 0 Å². The largest absolute Gasteiger partial charge is 0.493 e. The van der Waals surface area contributed by atoms with Crippen molar-refractivity contribution in [1.82, 2.24) is 10.7 Å². The fourth-order valence-corrected chi connectivity index (χ4v) is 4.34. The second-order valence-electron chi connectivity index (χ2n) is 7.44. The summed E-state index contributed by atoms with van der Waals surface area (Å²) >= 11 is 1.31. The molecule has 3 rings (SSSR count). The van der Waals surface area contributed by atoms with Crippen LogP contribution in [0.4, 0.5) is 4.39 Å². The quantitative estimate of drug-likeness (QED) is 0.299. The van der Waals surface area contributed by atoms with E-state index in [1.54, 1.807) is 24.3 Å². The molecule has 0 spiro atoms. The summed E-state index contributed by atoms with van der Waals surface area (Å²) in [6, 6.07) is 9.74. The highest BCUT2D eigenvalue weighted by molar-refractivity contribution is 7.17. The summed E-state index contributed by atoms with van der Waals surface area (Å²) in [6.45, 7) is 4.14. The van der Waals surface area contributed by atoms with E-state index in [4.69, 9.17) is 9.47 Å². The Labute approximate surface area is 202 Å². The number of ether oxygens (including phenoxy) is 2. The number of benzene rings is 2. The number of thiophene rings is 1. The minimum absolute atomic E-state index is 0.252. The second kappa shape index (κ2) is 12.1. The number of unbranched alkanes of at least 4 members (excludes halogenated alkanes) is 1. The first-order valence-corrected chi connectivity index (χ1v) is 12.0. The first kappa shape index (κ1) is 25.2. The van der Waals surface area contributed by atoms with Gasteiger partial charge < -0.3 is 14.8 Å². The number of hydrazone groups is 1. The summed E-state index contributed by atoms with van der Waals surface area (Å²) in [7, 11) is 1.49. The number of fused-ring (bicyclic) bond motifs is 1. The maximum atomic E-state index is 14.1. The van der Waals surface area contributed by atoms with Crippen molar-refractivity contribution >= 4 is 38.9 Å². The van der Waals surface area contributed by atoms with Crippen LogP contribution >= 0.6 is 11.3 Å². The maximum absolute atomic E-state index is 14.1. The summed E-state index contributed by atoms with van der Waals surface area (Å²) in [5.74, 6) is -0.198. The first-order chi connectivity index (χ1) is 16.5. The highest BCUT2D eigenvalue weighted by Crippen LogP contribution is 2.30. The molecule has 1 aromatic heterocycles. The fourth-order valence-electron chi connectivity index (χ4n) is 3.36. The van der Waals surface area contributed by atoms with Gasteiger partial charge in [-0.1, -0.05) is 25.5 Å². The molecule has 3 aromatic rings. The zero-order valence-corrected chi connectivity index (χ0v) is 20.3. The number of nitrogens with zero attached hydrogens (tertiary/aromatic N) is 1. The molecule has 0 fully saturated rings. The van der Waals surface area contributed by atoms with E-state index in [1.807, 2.05) is 18.4 Å². The van der Waals surface area contributed by atoms with Crippen molar-refractivity contribution in [2.24, 2.45) is 5.10 Å². The Bertz CT molecular complexity index is 1190. The molecule has 0 aliphatic heterocycles. The minimum atomic E-state index is -0.467. The lowest BCUT2D eigenvalue weighted by atomic mass is 10.0. The summed E-state index contributed by atoms with van der Waals surface area (Å²) in [5.41, 5.74) is 4.33. The maximum Gasteiger partial charge on any atom is 0.259 e. The van der Waals surface area contributed by atoms with Gasteiger partial charge in [-0.25, -0.2) is 9.82 Å². The zero-order valence-electron chi connectivity index (χ0n) is 19.4. The van der Waals surface area contributed by atoms with Gasteiger partial charge in [0.25, 0.3) is 11.8 Å². The predicted molar refractivity (Wildman–Crippen MR) is 132 cm³/mol. The monoisotopic (exact) mass is 485 g/mol. The van der Waals surface area contributed by atoms with Crippen LogP contribution < -0.4 is 20.2 Å². The molecule has 1 heterocycles. The molecule has 0 aliphatic carbocycles. The third-order valence-electron chi connectivity index (χ3n) is 5.08. The van der Waals surface area contributed by atoms with Crippen LogP contribution in [0, 0.1) is 5.82 Å². The van der Waals surface area contributed by atoms with Gasteiger partial charge in [-0.05, 0) is 44.0 Å². The van der Waals surface area contributed by atoms with Crippen LogP contribution in [0.5, 0.6) is 11.5 Å². The number of carbonyl (C=O) groups excluding carboxylic acids is 2. The van der Waals surface area contributed by atoms with E-state index < -0.39 is 11.8 Å². The molecular weight excluding hydrogens is 457 g/mol. The highest BCUT2D eigenvalue weighted by atomic mass is 32.1. The zero-order chi connectivity index (χ0) is 24.5. The molecule has 0 radical (unpaired) electrons. The number of rotatable bonds is 11. The van der Waals surface area contributed by atoms with Crippen molar-refractivity contribution in [3.63, 3.8) is 0 Å². The third-order valence-corrected chi connectivity index (χ3v) is 6.08. The molecular formula is C25H28FN3O4S. The number of halogens is 1. The molecule has 9 heteroatoms. The minimum Gasteiger partial charge on any atom is -0.493 e. The summed E-state index contributed by atoms with van der Waals surface area (Å²) in [4.78, 5) is 24.8. The van der Waals surface area contributed by atoms with Gasteiger partial charge in [0.2, 0.25) is 0 Å². The van der Waals surface area contributed by atoms with Crippen LogP contribution in [0.2, 0.25) is 0 Å². The van der Waals surface area contributed by atoms with E-state index in [-0.39, 0.29) is 12.4 Å². The average molecular weight is 486 g/mol. The standard InChI is InChI=1S/C25H28FN3O4S/c1-4-6-10-20(18-15-34-24-17(18)8-7-9-19(24)26)28-29-23(30)14-27-25(31)16-11-12-21(33-5-2)22(13-16)32-3/h7-9,11-13,15H,4-6,10,14H2,1-3H3,(H,27,31)(H,29,30)/b28-20+. The third kappa shape index (κ3) is 6.11. The van der Waals surface area contributed by atoms with Gasteiger partial charge in [0.1, 0.15) is 5.82 Å². The highest BCUT2D eigenvalue weighted by Gasteiger charge is 2.15. The number of hydrogen-bond donors (Lipinski definition) is 2. The Morgan fingerprint density at radius 2 is 1.97 bits per heavy atom. The van der Waals surface area contributed by atoms with Gasteiger partial charge in [0, 0.05) is 21.9 Å². The Balaban J connectivity index is 1.66. The van der Waals surface area contributed by atoms with Crippen LogP contribution in [0.3, 0.4) is 0 Å².